The average molecular weight is 331 g/mol. The summed E-state index contributed by atoms with van der Waals surface area (Å²) in [7, 11) is 3.24. The van der Waals surface area contributed by atoms with Crippen LogP contribution in [0.2, 0.25) is 0 Å². The van der Waals surface area contributed by atoms with E-state index in [1.54, 1.807) is 37.4 Å². The Morgan fingerprint density at radius 1 is 1.42 bits per heavy atom. The standard InChI is InChI=1S/C13H19BrN2O3/c1-10(9-19-3)16(6-7-18-2)13(17)11-4-5-12(14)15-8-11/h4-5,8,10H,6-7,9H2,1-3H3. The molecule has 106 valence electrons. The van der Waals surface area contributed by atoms with Gasteiger partial charge in [-0.3, -0.25) is 4.79 Å². The molecule has 1 rings (SSSR count). The van der Waals surface area contributed by atoms with Crippen molar-refractivity contribution in [2.24, 2.45) is 0 Å². The molecule has 1 atom stereocenters. The first kappa shape index (κ1) is 16.1. The van der Waals surface area contributed by atoms with Gasteiger partial charge in [0.1, 0.15) is 4.60 Å². The van der Waals surface area contributed by atoms with Gasteiger partial charge in [0.05, 0.1) is 24.8 Å². The zero-order chi connectivity index (χ0) is 14.3. The highest BCUT2D eigenvalue weighted by atomic mass is 79.9. The molecule has 0 aromatic carbocycles. The summed E-state index contributed by atoms with van der Waals surface area (Å²) >= 11 is 3.25. The molecule has 1 heterocycles. The fourth-order valence-electron chi connectivity index (χ4n) is 1.71. The van der Waals surface area contributed by atoms with Crippen LogP contribution in [0.25, 0.3) is 0 Å². The molecule has 0 N–H and O–H groups in total. The van der Waals surface area contributed by atoms with Crippen molar-refractivity contribution in [2.45, 2.75) is 13.0 Å². The van der Waals surface area contributed by atoms with Gasteiger partial charge in [0, 0.05) is 27.0 Å². The minimum Gasteiger partial charge on any atom is -0.383 e. The number of carbonyl (C=O) groups excluding carboxylic acids is 1. The normalized spacial score (nSPS) is 12.2. The van der Waals surface area contributed by atoms with Crippen LogP contribution < -0.4 is 0 Å². The highest BCUT2D eigenvalue weighted by Gasteiger charge is 2.21. The summed E-state index contributed by atoms with van der Waals surface area (Å²) in [5.74, 6) is -0.0680. The molecule has 6 heteroatoms. The Hall–Kier alpha value is -0.980. The van der Waals surface area contributed by atoms with Crippen molar-refractivity contribution in [3.05, 3.63) is 28.5 Å². The molecule has 0 fully saturated rings. The van der Waals surface area contributed by atoms with E-state index in [1.165, 1.54) is 0 Å². The van der Waals surface area contributed by atoms with E-state index in [1.807, 2.05) is 6.92 Å². The van der Waals surface area contributed by atoms with Crippen LogP contribution in [0.15, 0.2) is 22.9 Å². The molecule has 0 aliphatic rings. The Kier molecular flexibility index (Phi) is 6.97. The summed E-state index contributed by atoms with van der Waals surface area (Å²) < 4.78 is 10.9. The summed E-state index contributed by atoms with van der Waals surface area (Å²) in [4.78, 5) is 18.2. The van der Waals surface area contributed by atoms with Gasteiger partial charge in [-0.2, -0.15) is 0 Å². The number of methoxy groups -OCH3 is 2. The molecule has 1 amide bonds. The fraction of sp³-hybridized carbons (Fsp3) is 0.538. The maximum atomic E-state index is 12.4. The smallest absolute Gasteiger partial charge is 0.255 e. The molecule has 1 unspecified atom stereocenters. The number of ether oxygens (including phenoxy) is 2. The Bertz CT molecular complexity index is 397. The molecule has 0 saturated heterocycles. The lowest BCUT2D eigenvalue weighted by Gasteiger charge is -2.28. The van der Waals surface area contributed by atoms with Gasteiger partial charge < -0.3 is 14.4 Å². The molecule has 0 spiro atoms. The average Bonchev–Trinajstić information content (AvgIpc) is 2.40. The van der Waals surface area contributed by atoms with Crippen molar-refractivity contribution in [1.82, 2.24) is 9.88 Å². The van der Waals surface area contributed by atoms with Crippen LogP contribution in [0.4, 0.5) is 0 Å². The van der Waals surface area contributed by atoms with Gasteiger partial charge in [-0.05, 0) is 35.0 Å². The van der Waals surface area contributed by atoms with Crippen molar-refractivity contribution < 1.29 is 14.3 Å². The van der Waals surface area contributed by atoms with E-state index in [0.29, 0.717) is 29.9 Å². The van der Waals surface area contributed by atoms with E-state index in [4.69, 9.17) is 9.47 Å². The number of amides is 1. The summed E-state index contributed by atoms with van der Waals surface area (Å²) in [6.45, 7) is 3.45. The lowest BCUT2D eigenvalue weighted by atomic mass is 10.2. The van der Waals surface area contributed by atoms with E-state index in [-0.39, 0.29) is 11.9 Å². The molecule has 0 bridgehead atoms. The third-order valence-electron chi connectivity index (χ3n) is 2.71. The number of nitrogens with zero attached hydrogens (tertiary/aromatic N) is 2. The van der Waals surface area contributed by atoms with Gasteiger partial charge in [-0.25, -0.2) is 4.98 Å². The first-order valence-corrected chi connectivity index (χ1v) is 6.79. The summed E-state index contributed by atoms with van der Waals surface area (Å²) in [5, 5.41) is 0. The third kappa shape index (κ3) is 4.89. The zero-order valence-electron chi connectivity index (χ0n) is 11.4. The van der Waals surface area contributed by atoms with E-state index in [9.17, 15) is 4.79 Å². The largest absolute Gasteiger partial charge is 0.383 e. The molecule has 1 aromatic rings. The highest BCUT2D eigenvalue weighted by Crippen LogP contribution is 2.11. The topological polar surface area (TPSA) is 51.7 Å². The predicted octanol–water partition coefficient (Wildman–Crippen LogP) is 1.97. The summed E-state index contributed by atoms with van der Waals surface area (Å²) in [5.41, 5.74) is 0.558. The number of pyridine rings is 1. The van der Waals surface area contributed by atoms with Crippen LogP contribution in [0.5, 0.6) is 0 Å². The maximum Gasteiger partial charge on any atom is 0.255 e. The molecule has 0 aliphatic heterocycles. The van der Waals surface area contributed by atoms with Crippen molar-refractivity contribution in [2.75, 3.05) is 34.0 Å². The lowest BCUT2D eigenvalue weighted by Crippen LogP contribution is -2.43. The zero-order valence-corrected chi connectivity index (χ0v) is 13.0. The minimum absolute atomic E-state index is 0.0173. The number of carbonyl (C=O) groups is 1. The number of aromatic nitrogens is 1. The van der Waals surface area contributed by atoms with Gasteiger partial charge in [-0.15, -0.1) is 0 Å². The number of halogens is 1. The van der Waals surface area contributed by atoms with Crippen molar-refractivity contribution in [3.8, 4) is 0 Å². The van der Waals surface area contributed by atoms with Crippen LogP contribution in [0, 0.1) is 0 Å². The van der Waals surface area contributed by atoms with E-state index >= 15 is 0 Å². The van der Waals surface area contributed by atoms with Crippen molar-refractivity contribution in [3.63, 3.8) is 0 Å². The molecule has 0 radical (unpaired) electrons. The van der Waals surface area contributed by atoms with E-state index in [0.717, 1.165) is 0 Å². The van der Waals surface area contributed by atoms with Gasteiger partial charge >= 0.3 is 0 Å². The molecular formula is C13H19BrN2O3. The molecule has 1 aromatic heterocycles. The molecule has 5 nitrogen and oxygen atoms in total. The Labute approximate surface area is 122 Å². The van der Waals surface area contributed by atoms with E-state index in [2.05, 4.69) is 20.9 Å². The molecule has 0 saturated carbocycles. The number of rotatable bonds is 7. The number of hydrogen-bond acceptors (Lipinski definition) is 4. The Balaban J connectivity index is 2.83. The second-order valence-electron chi connectivity index (χ2n) is 4.17. The molecule has 19 heavy (non-hydrogen) atoms. The van der Waals surface area contributed by atoms with E-state index < -0.39 is 0 Å². The maximum absolute atomic E-state index is 12.4. The van der Waals surface area contributed by atoms with Gasteiger partial charge in [0.2, 0.25) is 0 Å². The number of hydrogen-bond donors (Lipinski definition) is 0. The Morgan fingerprint density at radius 3 is 2.68 bits per heavy atom. The predicted molar refractivity (Wildman–Crippen MR) is 76.2 cm³/mol. The monoisotopic (exact) mass is 330 g/mol. The van der Waals surface area contributed by atoms with Gasteiger partial charge in [0.25, 0.3) is 5.91 Å². The Morgan fingerprint density at radius 2 is 2.16 bits per heavy atom. The molecule has 0 aliphatic carbocycles. The van der Waals surface area contributed by atoms with Gasteiger partial charge in [-0.1, -0.05) is 0 Å². The first-order chi connectivity index (χ1) is 9.10. The highest BCUT2D eigenvalue weighted by molar-refractivity contribution is 9.10. The van der Waals surface area contributed by atoms with Crippen molar-refractivity contribution >= 4 is 21.8 Å². The van der Waals surface area contributed by atoms with Crippen LogP contribution in [0.3, 0.4) is 0 Å². The lowest BCUT2D eigenvalue weighted by molar-refractivity contribution is 0.0479. The van der Waals surface area contributed by atoms with Crippen molar-refractivity contribution in [1.29, 1.82) is 0 Å². The van der Waals surface area contributed by atoms with Gasteiger partial charge in [0.15, 0.2) is 0 Å². The first-order valence-electron chi connectivity index (χ1n) is 6.00. The second-order valence-corrected chi connectivity index (χ2v) is 4.98. The quantitative estimate of drug-likeness (QED) is 0.717. The minimum atomic E-state index is -0.0680. The van der Waals surface area contributed by atoms with Crippen LogP contribution >= 0.6 is 15.9 Å². The SMILES string of the molecule is COCCN(C(=O)c1ccc(Br)nc1)C(C)COC. The van der Waals surface area contributed by atoms with Crippen LogP contribution in [0.1, 0.15) is 17.3 Å². The third-order valence-corrected chi connectivity index (χ3v) is 3.18. The second kappa shape index (κ2) is 8.24. The summed E-state index contributed by atoms with van der Waals surface area (Å²) in [6.07, 6.45) is 1.56. The summed E-state index contributed by atoms with van der Waals surface area (Å²) in [6, 6.07) is 3.48. The fourth-order valence-corrected chi connectivity index (χ4v) is 1.95. The van der Waals surface area contributed by atoms with Crippen LogP contribution in [-0.4, -0.2) is 55.8 Å². The van der Waals surface area contributed by atoms with Crippen LogP contribution in [-0.2, 0) is 9.47 Å². The molecular weight excluding hydrogens is 312 g/mol.